The molecule has 0 radical (unpaired) electrons. The molecule has 0 aromatic heterocycles. The molecule has 0 bridgehead atoms. The van der Waals surface area contributed by atoms with E-state index in [0.29, 0.717) is 25.3 Å². The number of hydrogen-bond acceptors (Lipinski definition) is 3. The van der Waals surface area contributed by atoms with Gasteiger partial charge in [-0.3, -0.25) is 4.79 Å². The first kappa shape index (κ1) is 17.8. The van der Waals surface area contributed by atoms with Gasteiger partial charge in [-0.05, 0) is 50.2 Å². The van der Waals surface area contributed by atoms with Gasteiger partial charge in [0, 0.05) is 24.3 Å². The Labute approximate surface area is 153 Å². The number of urea groups is 1. The Morgan fingerprint density at radius 3 is 2.50 bits per heavy atom. The molecule has 0 saturated carbocycles. The molecule has 26 heavy (non-hydrogen) atoms. The highest BCUT2D eigenvalue weighted by atomic mass is 16.5. The van der Waals surface area contributed by atoms with Gasteiger partial charge in [0.25, 0.3) is 0 Å². The summed E-state index contributed by atoms with van der Waals surface area (Å²) in [6.45, 7) is 4.99. The summed E-state index contributed by atoms with van der Waals surface area (Å²) < 4.78 is 5.38. The van der Waals surface area contributed by atoms with E-state index < -0.39 is 0 Å². The lowest BCUT2D eigenvalue weighted by atomic mass is 10.2. The van der Waals surface area contributed by atoms with Crippen LogP contribution in [0.3, 0.4) is 0 Å². The Morgan fingerprint density at radius 1 is 1.15 bits per heavy atom. The van der Waals surface area contributed by atoms with Crippen LogP contribution in [0.15, 0.2) is 48.5 Å². The van der Waals surface area contributed by atoms with Crippen LogP contribution in [0.1, 0.15) is 18.9 Å². The lowest BCUT2D eigenvalue weighted by Crippen LogP contribution is -2.39. The maximum atomic E-state index is 12.2. The van der Waals surface area contributed by atoms with Crippen LogP contribution in [0, 0.1) is 6.92 Å². The Kier molecular flexibility index (Phi) is 5.41. The number of nitrogens with one attached hydrogen (secondary N) is 2. The zero-order valence-electron chi connectivity index (χ0n) is 15.0. The molecular formula is C20H23N3O3. The van der Waals surface area contributed by atoms with E-state index in [1.54, 1.807) is 29.2 Å². The van der Waals surface area contributed by atoms with Gasteiger partial charge in [-0.25, -0.2) is 4.79 Å². The summed E-state index contributed by atoms with van der Waals surface area (Å²) in [6, 6.07) is 14.4. The molecule has 3 amide bonds. The fourth-order valence-corrected chi connectivity index (χ4v) is 2.93. The monoisotopic (exact) mass is 353 g/mol. The van der Waals surface area contributed by atoms with Gasteiger partial charge in [-0.15, -0.1) is 0 Å². The third kappa shape index (κ3) is 4.33. The molecule has 1 aliphatic rings. The molecule has 1 fully saturated rings. The number of rotatable bonds is 5. The lowest BCUT2D eigenvalue weighted by Gasteiger charge is -2.17. The summed E-state index contributed by atoms with van der Waals surface area (Å²) in [5, 5.41) is 5.64. The molecule has 1 saturated heterocycles. The number of amides is 3. The van der Waals surface area contributed by atoms with Gasteiger partial charge in [0.05, 0.1) is 12.6 Å². The van der Waals surface area contributed by atoms with Gasteiger partial charge in [0.1, 0.15) is 5.75 Å². The molecular weight excluding hydrogens is 330 g/mol. The van der Waals surface area contributed by atoms with Crippen LogP contribution < -0.4 is 20.3 Å². The molecule has 2 N–H and O–H groups in total. The van der Waals surface area contributed by atoms with Crippen LogP contribution in [-0.4, -0.2) is 31.1 Å². The highest BCUT2D eigenvalue weighted by Crippen LogP contribution is 2.22. The summed E-state index contributed by atoms with van der Waals surface area (Å²) in [5.41, 5.74) is 2.67. The average Bonchev–Trinajstić information content (AvgIpc) is 2.97. The lowest BCUT2D eigenvalue weighted by molar-refractivity contribution is -0.117. The van der Waals surface area contributed by atoms with Gasteiger partial charge in [0.15, 0.2) is 0 Å². The number of carbonyl (C=O) groups is 2. The number of hydrogen-bond donors (Lipinski definition) is 2. The van der Waals surface area contributed by atoms with E-state index in [9.17, 15) is 9.59 Å². The standard InChI is InChI=1S/C20H23N3O3/c1-3-26-18-10-6-15(7-11-18)21-20(25)22-16-12-19(24)23(13-16)17-8-4-14(2)5-9-17/h4-11,16H,3,12-13H2,1-2H3,(H2,21,22,25)/t16-/m0/s1. The van der Waals surface area contributed by atoms with Crippen LogP contribution in [0.5, 0.6) is 5.75 Å². The van der Waals surface area contributed by atoms with E-state index in [1.807, 2.05) is 38.1 Å². The zero-order valence-corrected chi connectivity index (χ0v) is 15.0. The first-order chi connectivity index (χ1) is 12.5. The average molecular weight is 353 g/mol. The van der Waals surface area contributed by atoms with Crippen LogP contribution in [0.2, 0.25) is 0 Å². The summed E-state index contributed by atoms with van der Waals surface area (Å²) in [5.74, 6) is 0.772. The Balaban J connectivity index is 1.55. The minimum Gasteiger partial charge on any atom is -0.494 e. The van der Waals surface area contributed by atoms with E-state index in [1.165, 1.54) is 0 Å². The summed E-state index contributed by atoms with van der Waals surface area (Å²) in [4.78, 5) is 26.1. The second-order valence-corrected chi connectivity index (χ2v) is 6.30. The fraction of sp³-hybridized carbons (Fsp3) is 0.300. The molecule has 6 nitrogen and oxygen atoms in total. The Bertz CT molecular complexity index is 772. The SMILES string of the molecule is CCOc1ccc(NC(=O)N[C@H]2CC(=O)N(c3ccc(C)cc3)C2)cc1. The van der Waals surface area contributed by atoms with Crippen molar-refractivity contribution in [2.75, 3.05) is 23.4 Å². The molecule has 0 unspecified atom stereocenters. The summed E-state index contributed by atoms with van der Waals surface area (Å²) >= 11 is 0. The molecule has 1 heterocycles. The van der Waals surface area contributed by atoms with Gasteiger partial charge in [-0.2, -0.15) is 0 Å². The summed E-state index contributed by atoms with van der Waals surface area (Å²) in [7, 11) is 0. The molecule has 0 aliphatic carbocycles. The van der Waals surface area contributed by atoms with Gasteiger partial charge in [-0.1, -0.05) is 17.7 Å². The van der Waals surface area contributed by atoms with E-state index in [-0.39, 0.29) is 18.0 Å². The van der Waals surface area contributed by atoms with Gasteiger partial charge >= 0.3 is 6.03 Å². The molecule has 136 valence electrons. The highest BCUT2D eigenvalue weighted by Gasteiger charge is 2.31. The van der Waals surface area contributed by atoms with Gasteiger partial charge in [0.2, 0.25) is 5.91 Å². The quantitative estimate of drug-likeness (QED) is 0.866. The van der Waals surface area contributed by atoms with Crippen molar-refractivity contribution in [3.05, 3.63) is 54.1 Å². The Hall–Kier alpha value is -3.02. The van der Waals surface area contributed by atoms with Crippen molar-refractivity contribution in [2.45, 2.75) is 26.3 Å². The maximum absolute atomic E-state index is 12.2. The predicted molar refractivity (Wildman–Crippen MR) is 102 cm³/mol. The molecule has 2 aromatic carbocycles. The van der Waals surface area contributed by atoms with E-state index in [4.69, 9.17) is 4.74 Å². The minimum atomic E-state index is -0.322. The molecule has 0 spiro atoms. The number of benzene rings is 2. The van der Waals surface area contributed by atoms with E-state index in [0.717, 1.165) is 17.0 Å². The van der Waals surface area contributed by atoms with E-state index >= 15 is 0 Å². The normalized spacial score (nSPS) is 16.5. The first-order valence-electron chi connectivity index (χ1n) is 8.72. The van der Waals surface area contributed by atoms with Crippen LogP contribution in [0.4, 0.5) is 16.2 Å². The molecule has 3 rings (SSSR count). The predicted octanol–water partition coefficient (Wildman–Crippen LogP) is 3.32. The number of nitrogens with zero attached hydrogens (tertiary/aromatic N) is 1. The topological polar surface area (TPSA) is 70.7 Å². The molecule has 1 aliphatic heterocycles. The second kappa shape index (κ2) is 7.91. The third-order valence-electron chi connectivity index (χ3n) is 4.23. The number of aryl methyl sites for hydroxylation is 1. The summed E-state index contributed by atoms with van der Waals surface area (Å²) in [6.07, 6.45) is 0.296. The van der Waals surface area contributed by atoms with Crippen molar-refractivity contribution in [3.8, 4) is 5.75 Å². The first-order valence-corrected chi connectivity index (χ1v) is 8.72. The van der Waals surface area contributed by atoms with Crippen molar-refractivity contribution in [1.82, 2.24) is 5.32 Å². The van der Waals surface area contributed by atoms with Crippen LogP contribution in [-0.2, 0) is 4.79 Å². The van der Waals surface area contributed by atoms with Crippen molar-refractivity contribution in [1.29, 1.82) is 0 Å². The van der Waals surface area contributed by atoms with Gasteiger partial charge < -0.3 is 20.3 Å². The second-order valence-electron chi connectivity index (χ2n) is 6.30. The number of carbonyl (C=O) groups excluding carboxylic acids is 2. The third-order valence-corrected chi connectivity index (χ3v) is 4.23. The Morgan fingerprint density at radius 2 is 1.85 bits per heavy atom. The smallest absolute Gasteiger partial charge is 0.319 e. The van der Waals surface area contributed by atoms with Crippen molar-refractivity contribution < 1.29 is 14.3 Å². The molecule has 2 aromatic rings. The number of anilines is 2. The van der Waals surface area contributed by atoms with E-state index in [2.05, 4.69) is 10.6 Å². The van der Waals surface area contributed by atoms with Crippen molar-refractivity contribution in [3.63, 3.8) is 0 Å². The maximum Gasteiger partial charge on any atom is 0.319 e. The molecule has 6 heteroatoms. The number of ether oxygens (including phenoxy) is 1. The largest absolute Gasteiger partial charge is 0.494 e. The van der Waals surface area contributed by atoms with Crippen LogP contribution >= 0.6 is 0 Å². The van der Waals surface area contributed by atoms with Crippen molar-refractivity contribution in [2.24, 2.45) is 0 Å². The minimum absolute atomic E-state index is 0.0141. The zero-order chi connectivity index (χ0) is 18.5. The van der Waals surface area contributed by atoms with Crippen LogP contribution in [0.25, 0.3) is 0 Å². The molecule has 1 atom stereocenters. The van der Waals surface area contributed by atoms with Crippen molar-refractivity contribution >= 4 is 23.3 Å². The fourth-order valence-electron chi connectivity index (χ4n) is 2.93. The highest BCUT2D eigenvalue weighted by molar-refractivity contribution is 5.97.